The molecule has 2 aromatic carbocycles. The van der Waals surface area contributed by atoms with Crippen molar-refractivity contribution in [2.75, 3.05) is 19.6 Å². The Kier molecular flexibility index (Phi) is 7.82. The third-order valence-corrected chi connectivity index (χ3v) is 7.87. The molecule has 200 valence electrons. The maximum absolute atomic E-state index is 13.7. The third-order valence-electron chi connectivity index (χ3n) is 7.87. The Morgan fingerprint density at radius 2 is 1.89 bits per heavy atom. The average Bonchev–Trinajstić information content (AvgIpc) is 3.64. The van der Waals surface area contributed by atoms with E-state index in [1.165, 1.54) is 17.4 Å². The summed E-state index contributed by atoms with van der Waals surface area (Å²) >= 11 is 0. The fourth-order valence-corrected chi connectivity index (χ4v) is 5.82. The standard InChI is InChI=1S/C31H37N3O4/c1-4-33(5-2)31(36)27-19-38-28(32-27)20-37-25-14-13-22-15-16-34(30(35)23-10-6-7-11-23)29(26(22)18-25)24-12-8-9-21(3)17-24/h8-9,12-14,17-19,23,29H,4-7,10-11,15-16,20H2,1-3H3/t29-/m0/s1. The first-order chi connectivity index (χ1) is 18.5. The number of oxazole rings is 1. The molecule has 0 spiro atoms. The van der Waals surface area contributed by atoms with Gasteiger partial charge >= 0.3 is 0 Å². The Morgan fingerprint density at radius 3 is 2.63 bits per heavy atom. The van der Waals surface area contributed by atoms with E-state index in [4.69, 9.17) is 9.15 Å². The average molecular weight is 516 g/mol. The van der Waals surface area contributed by atoms with Crippen LogP contribution in [0, 0.1) is 12.8 Å². The van der Waals surface area contributed by atoms with Crippen LogP contribution in [0.3, 0.4) is 0 Å². The molecule has 0 bridgehead atoms. The van der Waals surface area contributed by atoms with Crippen LogP contribution in [-0.2, 0) is 17.8 Å². The number of hydrogen-bond donors (Lipinski definition) is 0. The Labute approximate surface area is 224 Å². The van der Waals surface area contributed by atoms with Gasteiger partial charge in [0, 0.05) is 25.6 Å². The van der Waals surface area contributed by atoms with Crippen molar-refractivity contribution in [2.24, 2.45) is 5.92 Å². The van der Waals surface area contributed by atoms with Gasteiger partial charge in [0.2, 0.25) is 11.8 Å². The summed E-state index contributed by atoms with van der Waals surface area (Å²) < 4.78 is 11.6. The van der Waals surface area contributed by atoms with Gasteiger partial charge in [0.25, 0.3) is 5.91 Å². The van der Waals surface area contributed by atoms with Crippen LogP contribution in [0.4, 0.5) is 0 Å². The molecular weight excluding hydrogens is 478 g/mol. The SMILES string of the molecule is CCN(CC)C(=O)c1coc(COc2ccc3c(c2)[C@H](c2cccc(C)c2)N(C(=O)C2CCCC2)CC3)n1. The normalized spacial score (nSPS) is 17.3. The molecule has 2 aliphatic rings. The first-order valence-corrected chi connectivity index (χ1v) is 13.8. The second-order valence-electron chi connectivity index (χ2n) is 10.3. The molecule has 38 heavy (non-hydrogen) atoms. The molecule has 7 nitrogen and oxygen atoms in total. The van der Waals surface area contributed by atoms with Crippen molar-refractivity contribution in [1.82, 2.24) is 14.8 Å². The van der Waals surface area contributed by atoms with E-state index in [1.807, 2.05) is 19.9 Å². The van der Waals surface area contributed by atoms with Gasteiger partial charge in [-0.05, 0) is 68.9 Å². The summed E-state index contributed by atoms with van der Waals surface area (Å²) in [6.07, 6.45) is 6.47. The lowest BCUT2D eigenvalue weighted by Gasteiger charge is -2.39. The monoisotopic (exact) mass is 515 g/mol. The van der Waals surface area contributed by atoms with Gasteiger partial charge in [0.1, 0.15) is 12.0 Å². The van der Waals surface area contributed by atoms with Crippen molar-refractivity contribution in [1.29, 1.82) is 0 Å². The van der Waals surface area contributed by atoms with Crippen molar-refractivity contribution in [3.8, 4) is 5.75 Å². The van der Waals surface area contributed by atoms with Crippen LogP contribution >= 0.6 is 0 Å². The van der Waals surface area contributed by atoms with E-state index >= 15 is 0 Å². The van der Waals surface area contributed by atoms with Crippen molar-refractivity contribution in [3.63, 3.8) is 0 Å². The molecule has 1 saturated carbocycles. The number of hydrogen-bond acceptors (Lipinski definition) is 5. The molecule has 0 saturated heterocycles. The van der Waals surface area contributed by atoms with E-state index in [2.05, 4.69) is 53.2 Å². The number of carbonyl (C=O) groups excluding carboxylic acids is 2. The lowest BCUT2D eigenvalue weighted by molar-refractivity contribution is -0.137. The Morgan fingerprint density at radius 1 is 1.11 bits per heavy atom. The van der Waals surface area contributed by atoms with Crippen LogP contribution in [0.5, 0.6) is 5.75 Å². The predicted molar refractivity (Wildman–Crippen MR) is 145 cm³/mol. The summed E-state index contributed by atoms with van der Waals surface area (Å²) in [4.78, 5) is 34.4. The Hall–Kier alpha value is -3.61. The van der Waals surface area contributed by atoms with Crippen LogP contribution in [-0.4, -0.2) is 46.2 Å². The first kappa shape index (κ1) is 26.0. The van der Waals surface area contributed by atoms with Crippen LogP contribution in [0.15, 0.2) is 53.1 Å². The number of fused-ring (bicyclic) bond motifs is 1. The second-order valence-corrected chi connectivity index (χ2v) is 10.3. The molecular formula is C31H37N3O4. The number of aromatic nitrogens is 1. The number of ether oxygens (including phenoxy) is 1. The molecule has 1 atom stereocenters. The number of rotatable bonds is 8. The number of aryl methyl sites for hydroxylation is 1. The van der Waals surface area contributed by atoms with Gasteiger partial charge in [-0.15, -0.1) is 0 Å². The smallest absolute Gasteiger partial charge is 0.275 e. The van der Waals surface area contributed by atoms with Crippen molar-refractivity contribution in [3.05, 3.63) is 82.6 Å². The minimum Gasteiger partial charge on any atom is -0.484 e. The van der Waals surface area contributed by atoms with Crippen molar-refractivity contribution < 1.29 is 18.7 Å². The van der Waals surface area contributed by atoms with Gasteiger partial charge < -0.3 is 19.0 Å². The maximum atomic E-state index is 13.7. The van der Waals surface area contributed by atoms with Crippen LogP contribution in [0.1, 0.15) is 84.2 Å². The third kappa shape index (κ3) is 5.33. The fraction of sp³-hybridized carbons (Fsp3) is 0.452. The van der Waals surface area contributed by atoms with Gasteiger partial charge in [-0.2, -0.15) is 0 Å². The summed E-state index contributed by atoms with van der Waals surface area (Å²) in [5.74, 6) is 1.29. The predicted octanol–water partition coefficient (Wildman–Crippen LogP) is 5.71. The quantitative estimate of drug-likeness (QED) is 0.384. The molecule has 0 unspecified atom stereocenters. The lowest BCUT2D eigenvalue weighted by Crippen LogP contribution is -2.43. The van der Waals surface area contributed by atoms with Crippen LogP contribution in [0.25, 0.3) is 0 Å². The van der Waals surface area contributed by atoms with Gasteiger partial charge in [0.05, 0.1) is 6.04 Å². The van der Waals surface area contributed by atoms with E-state index in [1.54, 1.807) is 4.90 Å². The highest BCUT2D eigenvalue weighted by molar-refractivity contribution is 5.91. The molecule has 3 aromatic rings. The van der Waals surface area contributed by atoms with E-state index in [-0.39, 0.29) is 30.4 Å². The van der Waals surface area contributed by atoms with Gasteiger partial charge in [0.15, 0.2) is 12.3 Å². The highest BCUT2D eigenvalue weighted by atomic mass is 16.5. The van der Waals surface area contributed by atoms with E-state index in [9.17, 15) is 9.59 Å². The molecule has 1 fully saturated rings. The molecule has 1 aromatic heterocycles. The topological polar surface area (TPSA) is 75.9 Å². The summed E-state index contributed by atoms with van der Waals surface area (Å²) in [5.41, 5.74) is 4.94. The Balaban J connectivity index is 1.39. The second kappa shape index (κ2) is 11.4. The van der Waals surface area contributed by atoms with Crippen molar-refractivity contribution in [2.45, 2.75) is 65.5 Å². The molecule has 1 aliphatic carbocycles. The molecule has 5 rings (SSSR count). The summed E-state index contributed by atoms with van der Waals surface area (Å²) in [6, 6.07) is 14.4. The number of benzene rings is 2. The molecule has 0 radical (unpaired) electrons. The highest BCUT2D eigenvalue weighted by Crippen LogP contribution is 2.40. The zero-order valence-corrected chi connectivity index (χ0v) is 22.6. The van der Waals surface area contributed by atoms with E-state index < -0.39 is 0 Å². The summed E-state index contributed by atoms with van der Waals surface area (Å²) in [6.45, 7) is 8.04. The minimum atomic E-state index is -0.146. The first-order valence-electron chi connectivity index (χ1n) is 13.8. The van der Waals surface area contributed by atoms with Gasteiger partial charge in [-0.1, -0.05) is 48.7 Å². The lowest BCUT2D eigenvalue weighted by atomic mass is 9.86. The summed E-state index contributed by atoms with van der Waals surface area (Å²) in [5, 5.41) is 0. The van der Waals surface area contributed by atoms with E-state index in [0.29, 0.717) is 30.4 Å². The molecule has 2 heterocycles. The number of nitrogens with zero attached hydrogens (tertiary/aromatic N) is 3. The minimum absolute atomic E-state index is 0.115. The zero-order valence-electron chi connectivity index (χ0n) is 22.6. The summed E-state index contributed by atoms with van der Waals surface area (Å²) in [7, 11) is 0. The zero-order chi connectivity index (χ0) is 26.6. The molecule has 1 aliphatic heterocycles. The van der Waals surface area contributed by atoms with Crippen LogP contribution < -0.4 is 4.74 Å². The van der Waals surface area contributed by atoms with E-state index in [0.717, 1.165) is 49.8 Å². The number of carbonyl (C=O) groups is 2. The highest BCUT2D eigenvalue weighted by Gasteiger charge is 2.36. The van der Waals surface area contributed by atoms with Crippen molar-refractivity contribution >= 4 is 11.8 Å². The fourth-order valence-electron chi connectivity index (χ4n) is 5.82. The van der Waals surface area contributed by atoms with Gasteiger partial charge in [-0.25, -0.2) is 4.98 Å². The maximum Gasteiger partial charge on any atom is 0.275 e. The van der Waals surface area contributed by atoms with Crippen LogP contribution in [0.2, 0.25) is 0 Å². The van der Waals surface area contributed by atoms with Gasteiger partial charge in [-0.3, -0.25) is 9.59 Å². The molecule has 0 N–H and O–H groups in total. The number of amides is 2. The molecule has 2 amide bonds. The Bertz CT molecular complexity index is 1290. The largest absolute Gasteiger partial charge is 0.484 e. The molecule has 7 heteroatoms.